The number of rotatable bonds is 4. The maximum Gasteiger partial charge on any atom is 0.270 e. The molecule has 0 bridgehead atoms. The van der Waals surface area contributed by atoms with E-state index in [-0.39, 0.29) is 29.1 Å². The van der Waals surface area contributed by atoms with E-state index in [4.69, 9.17) is 11.6 Å². The second-order valence-electron chi connectivity index (χ2n) is 5.73. The van der Waals surface area contributed by atoms with Crippen molar-refractivity contribution in [1.29, 1.82) is 0 Å². The summed E-state index contributed by atoms with van der Waals surface area (Å²) >= 11 is 5.71. The Morgan fingerprint density at radius 1 is 1.25 bits per heavy atom. The third kappa shape index (κ3) is 4.17. The number of nitrogens with zero attached hydrogens (tertiary/aromatic N) is 3. The van der Waals surface area contributed by atoms with Crippen LogP contribution < -0.4 is 10.6 Å². The molecule has 126 valence electrons. The van der Waals surface area contributed by atoms with Crippen molar-refractivity contribution >= 4 is 23.3 Å². The first kappa shape index (κ1) is 16.6. The van der Waals surface area contributed by atoms with Crippen LogP contribution in [0.2, 0.25) is 5.28 Å². The molecule has 0 spiro atoms. The average Bonchev–Trinajstić information content (AvgIpc) is 2.59. The molecule has 1 aliphatic carbocycles. The number of anilines is 1. The molecule has 1 saturated carbocycles. The topological polar surface area (TPSA) is 79.8 Å². The van der Waals surface area contributed by atoms with Gasteiger partial charge in [-0.1, -0.05) is 6.07 Å². The molecule has 0 saturated heterocycles. The zero-order chi connectivity index (χ0) is 16.9. The van der Waals surface area contributed by atoms with Crippen molar-refractivity contribution in [1.82, 2.24) is 20.3 Å². The molecule has 2 atom stereocenters. The fourth-order valence-corrected chi connectivity index (χ4v) is 2.98. The fraction of sp³-hybridized carbons (Fsp3) is 0.375. The molecule has 0 unspecified atom stereocenters. The van der Waals surface area contributed by atoms with Crippen molar-refractivity contribution < 1.29 is 9.18 Å². The number of nitrogens with one attached hydrogen (secondary N) is 2. The minimum absolute atomic E-state index is 0.00489. The third-order valence-corrected chi connectivity index (χ3v) is 4.14. The predicted molar refractivity (Wildman–Crippen MR) is 88.4 cm³/mol. The molecule has 6 nitrogen and oxygen atoms in total. The molecule has 1 fully saturated rings. The van der Waals surface area contributed by atoms with E-state index in [0.717, 1.165) is 25.5 Å². The Morgan fingerprint density at radius 3 is 2.88 bits per heavy atom. The van der Waals surface area contributed by atoms with Crippen LogP contribution in [0, 0.1) is 5.82 Å². The van der Waals surface area contributed by atoms with Gasteiger partial charge in [-0.05, 0) is 49.4 Å². The molecule has 3 rings (SSSR count). The molecule has 0 aliphatic heterocycles. The molecule has 8 heteroatoms. The van der Waals surface area contributed by atoms with Crippen LogP contribution in [0.4, 0.5) is 10.2 Å². The van der Waals surface area contributed by atoms with E-state index in [1.54, 1.807) is 24.4 Å². The van der Waals surface area contributed by atoms with Gasteiger partial charge >= 0.3 is 0 Å². The van der Waals surface area contributed by atoms with Gasteiger partial charge in [-0.25, -0.2) is 9.37 Å². The molecule has 0 radical (unpaired) electrons. The summed E-state index contributed by atoms with van der Waals surface area (Å²) in [5.41, 5.74) is 0.390. The molecule has 24 heavy (non-hydrogen) atoms. The van der Waals surface area contributed by atoms with Crippen LogP contribution in [0.1, 0.15) is 36.2 Å². The zero-order valence-electron chi connectivity index (χ0n) is 12.9. The minimum atomic E-state index is -0.543. The van der Waals surface area contributed by atoms with Crippen molar-refractivity contribution in [2.75, 3.05) is 5.32 Å². The van der Waals surface area contributed by atoms with E-state index in [0.29, 0.717) is 12.1 Å². The van der Waals surface area contributed by atoms with E-state index in [9.17, 15) is 9.18 Å². The third-order valence-electron chi connectivity index (χ3n) is 3.96. The summed E-state index contributed by atoms with van der Waals surface area (Å²) < 4.78 is 13.7. The average molecular weight is 350 g/mol. The molecule has 2 aromatic rings. The standard InChI is InChI=1S/C16H17ClFN5O/c17-16-20-9-12(18)14(23-16)21-10-4-3-5-11(8-10)22-15(24)13-6-1-2-7-19-13/h1-2,6-7,9-11H,3-5,8H2,(H,22,24)(H,20,21,23)/t10-,11+/m0/s1. The van der Waals surface area contributed by atoms with Crippen molar-refractivity contribution in [2.24, 2.45) is 0 Å². The summed E-state index contributed by atoms with van der Waals surface area (Å²) in [5, 5.41) is 6.03. The number of amides is 1. The summed E-state index contributed by atoms with van der Waals surface area (Å²) in [7, 11) is 0. The van der Waals surface area contributed by atoms with Crippen molar-refractivity contribution in [3.8, 4) is 0 Å². The molecule has 2 heterocycles. The molecule has 0 aromatic carbocycles. The Balaban J connectivity index is 1.60. The normalized spacial score (nSPS) is 20.4. The number of aromatic nitrogens is 3. The second kappa shape index (κ2) is 7.53. The summed E-state index contributed by atoms with van der Waals surface area (Å²) in [5.74, 6) is -0.645. The molecular formula is C16H17ClFN5O. The van der Waals surface area contributed by atoms with E-state index in [2.05, 4.69) is 25.6 Å². The number of hydrogen-bond donors (Lipinski definition) is 2. The number of hydrogen-bond acceptors (Lipinski definition) is 5. The lowest BCUT2D eigenvalue weighted by Gasteiger charge is -2.30. The lowest BCUT2D eigenvalue weighted by atomic mass is 9.91. The van der Waals surface area contributed by atoms with E-state index >= 15 is 0 Å². The Kier molecular flexibility index (Phi) is 5.20. The largest absolute Gasteiger partial charge is 0.365 e. The fourth-order valence-electron chi connectivity index (χ4n) is 2.85. The van der Waals surface area contributed by atoms with Crippen LogP contribution in [0.25, 0.3) is 0 Å². The minimum Gasteiger partial charge on any atom is -0.365 e. The Labute approximate surface area is 143 Å². The van der Waals surface area contributed by atoms with Crippen LogP contribution >= 0.6 is 11.6 Å². The lowest BCUT2D eigenvalue weighted by molar-refractivity contribution is 0.0921. The van der Waals surface area contributed by atoms with Crippen LogP contribution in [-0.4, -0.2) is 32.9 Å². The smallest absolute Gasteiger partial charge is 0.270 e. The van der Waals surface area contributed by atoms with E-state index < -0.39 is 5.82 Å². The van der Waals surface area contributed by atoms with Gasteiger partial charge in [0.05, 0.1) is 6.20 Å². The molecule has 2 aromatic heterocycles. The SMILES string of the molecule is O=C(N[C@@H]1CCC[C@H](Nc2nc(Cl)ncc2F)C1)c1ccccn1. The van der Waals surface area contributed by atoms with E-state index in [1.165, 1.54) is 0 Å². The van der Waals surface area contributed by atoms with Gasteiger partial charge < -0.3 is 10.6 Å². The number of carbonyl (C=O) groups is 1. The van der Waals surface area contributed by atoms with Crippen LogP contribution in [0.15, 0.2) is 30.6 Å². The molecular weight excluding hydrogens is 333 g/mol. The van der Waals surface area contributed by atoms with Gasteiger partial charge in [-0.2, -0.15) is 4.98 Å². The lowest BCUT2D eigenvalue weighted by Crippen LogP contribution is -2.42. The van der Waals surface area contributed by atoms with E-state index in [1.807, 2.05) is 0 Å². The second-order valence-corrected chi connectivity index (χ2v) is 6.07. The number of pyridine rings is 1. The van der Waals surface area contributed by atoms with Crippen molar-refractivity contribution in [3.63, 3.8) is 0 Å². The maximum atomic E-state index is 13.7. The number of carbonyl (C=O) groups excluding carboxylic acids is 1. The predicted octanol–water partition coefficient (Wildman–Crippen LogP) is 2.82. The first-order valence-electron chi connectivity index (χ1n) is 7.78. The summed E-state index contributed by atoms with van der Waals surface area (Å²) in [6.45, 7) is 0. The number of halogens is 2. The highest BCUT2D eigenvalue weighted by Crippen LogP contribution is 2.23. The van der Waals surface area contributed by atoms with Crippen LogP contribution in [0.3, 0.4) is 0 Å². The quantitative estimate of drug-likeness (QED) is 0.830. The highest BCUT2D eigenvalue weighted by molar-refractivity contribution is 6.28. The first-order valence-corrected chi connectivity index (χ1v) is 8.16. The van der Waals surface area contributed by atoms with Crippen LogP contribution in [0.5, 0.6) is 0 Å². The Morgan fingerprint density at radius 2 is 2.08 bits per heavy atom. The highest BCUT2D eigenvalue weighted by Gasteiger charge is 2.25. The highest BCUT2D eigenvalue weighted by atomic mass is 35.5. The molecule has 1 aliphatic rings. The van der Waals surface area contributed by atoms with Crippen LogP contribution in [-0.2, 0) is 0 Å². The van der Waals surface area contributed by atoms with Gasteiger partial charge in [0, 0.05) is 18.3 Å². The summed E-state index contributed by atoms with van der Waals surface area (Å²) in [4.78, 5) is 23.7. The Hall–Kier alpha value is -2.28. The zero-order valence-corrected chi connectivity index (χ0v) is 13.6. The van der Waals surface area contributed by atoms with Gasteiger partial charge in [0.15, 0.2) is 11.6 Å². The summed E-state index contributed by atoms with van der Waals surface area (Å²) in [6.07, 6.45) is 5.98. The molecule has 1 amide bonds. The van der Waals surface area contributed by atoms with Gasteiger partial charge in [0.25, 0.3) is 5.91 Å². The van der Waals surface area contributed by atoms with Crippen molar-refractivity contribution in [3.05, 3.63) is 47.4 Å². The van der Waals surface area contributed by atoms with Gasteiger partial charge in [0.2, 0.25) is 5.28 Å². The monoisotopic (exact) mass is 349 g/mol. The Bertz CT molecular complexity index is 715. The first-order chi connectivity index (χ1) is 11.6. The molecule has 2 N–H and O–H groups in total. The van der Waals surface area contributed by atoms with Gasteiger partial charge in [-0.3, -0.25) is 9.78 Å². The maximum absolute atomic E-state index is 13.7. The summed E-state index contributed by atoms with van der Waals surface area (Å²) in [6, 6.07) is 5.22. The van der Waals surface area contributed by atoms with Gasteiger partial charge in [-0.15, -0.1) is 0 Å². The van der Waals surface area contributed by atoms with Crippen molar-refractivity contribution in [2.45, 2.75) is 37.8 Å². The van der Waals surface area contributed by atoms with Gasteiger partial charge in [0.1, 0.15) is 5.69 Å².